The first-order valence-corrected chi connectivity index (χ1v) is 7.56. The molecule has 1 aliphatic heterocycles. The predicted octanol–water partition coefficient (Wildman–Crippen LogP) is 2.85. The van der Waals surface area contributed by atoms with E-state index in [0.29, 0.717) is 11.2 Å². The first kappa shape index (κ1) is 14.8. The van der Waals surface area contributed by atoms with Crippen molar-refractivity contribution in [1.29, 1.82) is 0 Å². The fourth-order valence-corrected chi connectivity index (χ4v) is 3.21. The van der Waals surface area contributed by atoms with Crippen LogP contribution >= 0.6 is 11.8 Å². The fraction of sp³-hybridized carbons (Fsp3) is 0.923. The lowest BCUT2D eigenvalue weighted by Crippen LogP contribution is -2.28. The second-order valence-corrected chi connectivity index (χ2v) is 7.21. The molecular formula is C13H25NO2S. The monoisotopic (exact) mass is 259 g/mol. The van der Waals surface area contributed by atoms with Crippen molar-refractivity contribution in [2.24, 2.45) is 0 Å². The van der Waals surface area contributed by atoms with Crippen LogP contribution in [0.15, 0.2) is 0 Å². The van der Waals surface area contributed by atoms with Gasteiger partial charge in [-0.15, -0.1) is 0 Å². The summed E-state index contributed by atoms with van der Waals surface area (Å²) >= 11 is 2.07. The summed E-state index contributed by atoms with van der Waals surface area (Å²) in [5, 5.41) is 8.54. The van der Waals surface area contributed by atoms with Gasteiger partial charge in [-0.05, 0) is 32.4 Å². The van der Waals surface area contributed by atoms with Gasteiger partial charge < -0.3 is 10.0 Å². The van der Waals surface area contributed by atoms with Crippen LogP contribution in [0.5, 0.6) is 0 Å². The minimum absolute atomic E-state index is 0.322. The Labute approximate surface area is 109 Å². The van der Waals surface area contributed by atoms with Crippen LogP contribution < -0.4 is 0 Å². The summed E-state index contributed by atoms with van der Waals surface area (Å²) in [4.78, 5) is 12.9. The Kier molecular flexibility index (Phi) is 6.34. The van der Waals surface area contributed by atoms with Crippen molar-refractivity contribution in [2.45, 2.75) is 50.7 Å². The van der Waals surface area contributed by atoms with E-state index >= 15 is 0 Å². The van der Waals surface area contributed by atoms with Gasteiger partial charge in [0.25, 0.3) is 0 Å². The molecule has 3 nitrogen and oxygen atoms in total. The smallest absolute Gasteiger partial charge is 0.303 e. The van der Waals surface area contributed by atoms with Crippen molar-refractivity contribution in [2.75, 3.05) is 25.4 Å². The number of carboxylic acids is 1. The van der Waals surface area contributed by atoms with Gasteiger partial charge in [0.05, 0.1) is 0 Å². The van der Waals surface area contributed by atoms with E-state index in [4.69, 9.17) is 5.11 Å². The quantitative estimate of drug-likeness (QED) is 0.745. The van der Waals surface area contributed by atoms with E-state index in [-0.39, 0.29) is 0 Å². The van der Waals surface area contributed by atoms with Crippen molar-refractivity contribution in [3.8, 4) is 0 Å². The number of hydrogen-bond donors (Lipinski definition) is 1. The molecule has 100 valence electrons. The zero-order chi connectivity index (χ0) is 12.7. The predicted molar refractivity (Wildman–Crippen MR) is 73.7 cm³/mol. The second kappa shape index (κ2) is 7.27. The number of carbonyl (C=O) groups is 1. The molecule has 0 amide bonds. The molecule has 0 unspecified atom stereocenters. The Morgan fingerprint density at radius 2 is 2.06 bits per heavy atom. The molecule has 0 saturated carbocycles. The van der Waals surface area contributed by atoms with E-state index in [9.17, 15) is 4.79 Å². The highest BCUT2D eigenvalue weighted by molar-refractivity contribution is 8.00. The Morgan fingerprint density at radius 3 is 2.76 bits per heavy atom. The molecule has 0 bridgehead atoms. The van der Waals surface area contributed by atoms with E-state index in [1.165, 1.54) is 25.3 Å². The largest absolute Gasteiger partial charge is 0.481 e. The Bertz CT molecular complexity index is 244. The molecular weight excluding hydrogens is 234 g/mol. The maximum absolute atomic E-state index is 10.4. The third-order valence-corrected chi connectivity index (χ3v) is 4.67. The van der Waals surface area contributed by atoms with Crippen LogP contribution in [0, 0.1) is 0 Å². The fourth-order valence-electron chi connectivity index (χ4n) is 2.07. The molecule has 0 aromatic rings. The summed E-state index contributed by atoms with van der Waals surface area (Å²) in [5.74, 6) is 0.556. The highest BCUT2D eigenvalue weighted by Gasteiger charge is 2.23. The number of unbranched alkanes of at least 4 members (excludes halogenated alkanes) is 2. The minimum Gasteiger partial charge on any atom is -0.481 e. The maximum atomic E-state index is 10.4. The SMILES string of the molecule is CC1(C)CCN(CCCCCC(=O)O)CCS1. The van der Waals surface area contributed by atoms with Crippen LogP contribution in [0.25, 0.3) is 0 Å². The van der Waals surface area contributed by atoms with Gasteiger partial charge in [-0.1, -0.05) is 20.3 Å². The summed E-state index contributed by atoms with van der Waals surface area (Å²) in [6.07, 6.45) is 4.58. The molecule has 4 heteroatoms. The van der Waals surface area contributed by atoms with Crippen molar-refractivity contribution >= 4 is 17.7 Å². The second-order valence-electron chi connectivity index (χ2n) is 5.40. The lowest BCUT2D eigenvalue weighted by Gasteiger charge is -2.22. The van der Waals surface area contributed by atoms with Crippen LogP contribution in [0.3, 0.4) is 0 Å². The normalized spacial score (nSPS) is 21.1. The highest BCUT2D eigenvalue weighted by Crippen LogP contribution is 2.30. The van der Waals surface area contributed by atoms with Crippen LogP contribution in [0.1, 0.15) is 46.0 Å². The first-order chi connectivity index (χ1) is 7.99. The molecule has 0 atom stereocenters. The molecule has 1 aliphatic rings. The molecule has 0 aromatic heterocycles. The van der Waals surface area contributed by atoms with E-state index in [1.54, 1.807) is 0 Å². The van der Waals surface area contributed by atoms with Gasteiger partial charge >= 0.3 is 5.97 Å². The summed E-state index contributed by atoms with van der Waals surface area (Å²) in [7, 11) is 0. The van der Waals surface area contributed by atoms with Crippen molar-refractivity contribution < 1.29 is 9.90 Å². The molecule has 1 heterocycles. The summed E-state index contributed by atoms with van der Waals surface area (Å²) in [5.41, 5.74) is 0. The number of aliphatic carboxylic acids is 1. The molecule has 0 aliphatic carbocycles. The van der Waals surface area contributed by atoms with Gasteiger partial charge in [0.2, 0.25) is 0 Å². The topological polar surface area (TPSA) is 40.5 Å². The van der Waals surface area contributed by atoms with Crippen molar-refractivity contribution in [1.82, 2.24) is 4.90 Å². The average Bonchev–Trinajstić information content (AvgIpc) is 2.39. The zero-order valence-corrected chi connectivity index (χ0v) is 11.9. The molecule has 1 N–H and O–H groups in total. The third kappa shape index (κ3) is 6.94. The Balaban J connectivity index is 2.09. The average molecular weight is 259 g/mol. The van der Waals surface area contributed by atoms with Gasteiger partial charge in [-0.2, -0.15) is 11.8 Å². The highest BCUT2D eigenvalue weighted by atomic mass is 32.2. The van der Waals surface area contributed by atoms with E-state index in [1.807, 2.05) is 0 Å². The molecule has 0 aromatic carbocycles. The first-order valence-electron chi connectivity index (χ1n) is 6.58. The molecule has 0 spiro atoms. The van der Waals surface area contributed by atoms with Gasteiger partial charge in [-0.25, -0.2) is 0 Å². The molecule has 0 radical (unpaired) electrons. The Hall–Kier alpha value is -0.220. The van der Waals surface area contributed by atoms with E-state index < -0.39 is 5.97 Å². The zero-order valence-electron chi connectivity index (χ0n) is 11.1. The van der Waals surface area contributed by atoms with Crippen LogP contribution in [-0.4, -0.2) is 46.1 Å². The third-order valence-electron chi connectivity index (χ3n) is 3.30. The van der Waals surface area contributed by atoms with E-state index in [2.05, 4.69) is 30.5 Å². The number of nitrogens with zero attached hydrogens (tertiary/aromatic N) is 1. The molecule has 1 rings (SSSR count). The number of thioether (sulfide) groups is 1. The maximum Gasteiger partial charge on any atom is 0.303 e. The minimum atomic E-state index is -0.669. The lowest BCUT2D eigenvalue weighted by atomic mass is 10.1. The van der Waals surface area contributed by atoms with Crippen LogP contribution in [0.2, 0.25) is 0 Å². The molecule has 1 fully saturated rings. The van der Waals surface area contributed by atoms with E-state index in [0.717, 1.165) is 25.8 Å². The van der Waals surface area contributed by atoms with Crippen LogP contribution in [-0.2, 0) is 4.79 Å². The summed E-state index contributed by atoms with van der Waals surface area (Å²) < 4.78 is 0.429. The molecule has 17 heavy (non-hydrogen) atoms. The van der Waals surface area contributed by atoms with Gasteiger partial charge in [0, 0.05) is 23.5 Å². The van der Waals surface area contributed by atoms with Crippen LogP contribution in [0.4, 0.5) is 0 Å². The van der Waals surface area contributed by atoms with Crippen molar-refractivity contribution in [3.63, 3.8) is 0 Å². The number of rotatable bonds is 6. The van der Waals surface area contributed by atoms with Gasteiger partial charge in [0.15, 0.2) is 0 Å². The summed E-state index contributed by atoms with van der Waals surface area (Å²) in [6, 6.07) is 0. The summed E-state index contributed by atoms with van der Waals surface area (Å²) in [6.45, 7) is 8.17. The number of hydrogen-bond acceptors (Lipinski definition) is 3. The van der Waals surface area contributed by atoms with Gasteiger partial charge in [0.1, 0.15) is 0 Å². The molecule has 1 saturated heterocycles. The Morgan fingerprint density at radius 1 is 1.29 bits per heavy atom. The standard InChI is InChI=1S/C13H25NO2S/c1-13(2)7-9-14(10-11-17-13)8-5-3-4-6-12(15)16/h3-11H2,1-2H3,(H,15,16). The van der Waals surface area contributed by atoms with Gasteiger partial charge in [-0.3, -0.25) is 4.79 Å². The lowest BCUT2D eigenvalue weighted by molar-refractivity contribution is -0.137. The van der Waals surface area contributed by atoms with Crippen molar-refractivity contribution in [3.05, 3.63) is 0 Å². The number of carboxylic acid groups (broad SMARTS) is 1.